The maximum atomic E-state index is 5.55. The largest absolute Gasteiger partial charge is 0.373 e. The Hall–Kier alpha value is -0.940. The zero-order valence-corrected chi connectivity index (χ0v) is 13.3. The van der Waals surface area contributed by atoms with E-state index < -0.39 is 0 Å². The average Bonchev–Trinajstić information content (AvgIpc) is 2.97. The van der Waals surface area contributed by atoms with Crippen LogP contribution in [0.2, 0.25) is 0 Å². The van der Waals surface area contributed by atoms with Gasteiger partial charge in [0.1, 0.15) is 6.10 Å². The van der Waals surface area contributed by atoms with Crippen LogP contribution in [0.4, 0.5) is 0 Å². The molecule has 5 heteroatoms. The quantitative estimate of drug-likeness (QED) is 0.899. The number of likely N-dealkylation sites (N-methyl/N-ethyl adjacent to an activating group) is 1. The molecule has 1 aromatic heterocycles. The van der Waals surface area contributed by atoms with Crippen molar-refractivity contribution in [3.05, 3.63) is 11.7 Å². The molecule has 0 bridgehead atoms. The second-order valence-corrected chi connectivity index (χ2v) is 6.67. The molecule has 0 saturated heterocycles. The molecule has 114 valence electrons. The van der Waals surface area contributed by atoms with Crippen LogP contribution in [0.15, 0.2) is 4.52 Å². The number of nitrogens with zero attached hydrogens (tertiary/aromatic N) is 2. The Morgan fingerprint density at radius 3 is 2.75 bits per heavy atom. The van der Waals surface area contributed by atoms with E-state index in [0.29, 0.717) is 17.8 Å². The van der Waals surface area contributed by atoms with Crippen LogP contribution in [0.1, 0.15) is 70.7 Å². The third-order valence-corrected chi connectivity index (χ3v) is 4.01. The minimum atomic E-state index is -0.140. The molecule has 0 aromatic carbocycles. The van der Waals surface area contributed by atoms with Gasteiger partial charge in [0.05, 0.1) is 5.92 Å². The highest BCUT2D eigenvalue weighted by atomic mass is 16.5. The average molecular weight is 281 g/mol. The molecule has 3 unspecified atom stereocenters. The maximum Gasteiger partial charge on any atom is 0.231 e. The van der Waals surface area contributed by atoms with Gasteiger partial charge in [0.2, 0.25) is 11.7 Å². The van der Waals surface area contributed by atoms with Crippen LogP contribution in [0.25, 0.3) is 0 Å². The van der Waals surface area contributed by atoms with Gasteiger partial charge in [-0.3, -0.25) is 0 Å². The molecule has 1 heterocycles. The van der Waals surface area contributed by atoms with Crippen molar-refractivity contribution in [3.63, 3.8) is 0 Å². The molecule has 1 saturated carbocycles. The van der Waals surface area contributed by atoms with Crippen LogP contribution in [-0.2, 0) is 4.74 Å². The lowest BCUT2D eigenvalue weighted by Crippen LogP contribution is -2.31. The molecule has 20 heavy (non-hydrogen) atoms. The molecular formula is C15H27N3O2. The first-order valence-electron chi connectivity index (χ1n) is 7.57. The summed E-state index contributed by atoms with van der Waals surface area (Å²) in [4.78, 5) is 4.62. The molecule has 1 fully saturated rings. The number of aromatic nitrogens is 2. The second-order valence-electron chi connectivity index (χ2n) is 6.67. The minimum Gasteiger partial charge on any atom is -0.373 e. The summed E-state index contributed by atoms with van der Waals surface area (Å²) >= 11 is 0. The third kappa shape index (κ3) is 3.20. The summed E-state index contributed by atoms with van der Waals surface area (Å²) in [7, 11) is 1.70. The summed E-state index contributed by atoms with van der Waals surface area (Å²) in [5.41, 5.74) is -0.0490. The Balaban J connectivity index is 2.16. The van der Waals surface area contributed by atoms with Crippen LogP contribution < -0.4 is 5.32 Å². The van der Waals surface area contributed by atoms with Gasteiger partial charge < -0.3 is 14.6 Å². The Bertz CT molecular complexity index is 425. The van der Waals surface area contributed by atoms with Crippen LogP contribution in [-0.4, -0.2) is 29.8 Å². The number of nitrogens with one attached hydrogen (secondary N) is 1. The van der Waals surface area contributed by atoms with Gasteiger partial charge in [0.25, 0.3) is 0 Å². The molecule has 0 aliphatic heterocycles. The summed E-state index contributed by atoms with van der Waals surface area (Å²) in [5, 5.41) is 7.67. The molecular weight excluding hydrogens is 254 g/mol. The summed E-state index contributed by atoms with van der Waals surface area (Å²) in [5.74, 6) is 1.76. The van der Waals surface area contributed by atoms with Crippen molar-refractivity contribution in [2.75, 3.05) is 13.7 Å². The van der Waals surface area contributed by atoms with E-state index in [4.69, 9.17) is 9.26 Å². The standard InChI is InChI=1S/C15H27N3O2/c1-6-16-11-9-7-8-10(11)14-17-13(18-20-14)12(19-5)15(2,3)4/h10-12,16H,6-9H2,1-5H3. The molecule has 0 spiro atoms. The maximum absolute atomic E-state index is 5.55. The lowest BCUT2D eigenvalue weighted by Gasteiger charge is -2.26. The Labute approximate surface area is 121 Å². The predicted molar refractivity (Wildman–Crippen MR) is 77.6 cm³/mol. The fraction of sp³-hybridized carbons (Fsp3) is 0.867. The molecule has 5 nitrogen and oxygen atoms in total. The van der Waals surface area contributed by atoms with Gasteiger partial charge in [-0.1, -0.05) is 39.3 Å². The minimum absolute atomic E-state index is 0.0490. The number of hydrogen-bond acceptors (Lipinski definition) is 5. The van der Waals surface area contributed by atoms with E-state index in [1.54, 1.807) is 7.11 Å². The van der Waals surface area contributed by atoms with E-state index in [-0.39, 0.29) is 11.5 Å². The number of ether oxygens (including phenoxy) is 1. The van der Waals surface area contributed by atoms with Crippen LogP contribution in [0.3, 0.4) is 0 Å². The first-order valence-corrected chi connectivity index (χ1v) is 7.57. The summed E-state index contributed by atoms with van der Waals surface area (Å²) in [6.07, 6.45) is 3.38. The predicted octanol–water partition coefficient (Wildman–Crippen LogP) is 3.05. The van der Waals surface area contributed by atoms with E-state index >= 15 is 0 Å². The molecule has 1 aliphatic rings. The smallest absolute Gasteiger partial charge is 0.231 e. The highest BCUT2D eigenvalue weighted by molar-refractivity contribution is 5.05. The Morgan fingerprint density at radius 2 is 2.15 bits per heavy atom. The summed E-state index contributed by atoms with van der Waals surface area (Å²) in [6, 6.07) is 0.462. The van der Waals surface area contributed by atoms with Gasteiger partial charge in [-0.25, -0.2) is 0 Å². The highest BCUT2D eigenvalue weighted by Gasteiger charge is 2.35. The second kappa shape index (κ2) is 6.22. The van der Waals surface area contributed by atoms with Gasteiger partial charge >= 0.3 is 0 Å². The van der Waals surface area contributed by atoms with Gasteiger partial charge in [-0.15, -0.1) is 0 Å². The van der Waals surface area contributed by atoms with Crippen LogP contribution in [0.5, 0.6) is 0 Å². The topological polar surface area (TPSA) is 60.2 Å². The van der Waals surface area contributed by atoms with Crippen molar-refractivity contribution in [2.24, 2.45) is 5.41 Å². The number of hydrogen-bond donors (Lipinski definition) is 1. The fourth-order valence-corrected chi connectivity index (χ4v) is 3.11. The molecule has 0 amide bonds. The number of methoxy groups -OCH3 is 1. The van der Waals surface area contributed by atoms with E-state index in [0.717, 1.165) is 18.9 Å². The van der Waals surface area contributed by atoms with Crippen molar-refractivity contribution in [1.29, 1.82) is 0 Å². The lowest BCUT2D eigenvalue weighted by molar-refractivity contribution is 0.00718. The summed E-state index contributed by atoms with van der Waals surface area (Å²) < 4.78 is 11.1. The number of rotatable bonds is 5. The van der Waals surface area contributed by atoms with Crippen molar-refractivity contribution < 1.29 is 9.26 Å². The zero-order valence-electron chi connectivity index (χ0n) is 13.3. The summed E-state index contributed by atoms with van der Waals surface area (Å²) in [6.45, 7) is 9.47. The van der Waals surface area contributed by atoms with Gasteiger partial charge in [0.15, 0.2) is 0 Å². The normalized spacial score (nSPS) is 25.1. The fourth-order valence-electron chi connectivity index (χ4n) is 3.11. The molecule has 3 atom stereocenters. The van der Waals surface area contributed by atoms with Crippen LogP contribution in [0, 0.1) is 5.41 Å². The van der Waals surface area contributed by atoms with E-state index in [9.17, 15) is 0 Å². The molecule has 1 aliphatic carbocycles. The third-order valence-electron chi connectivity index (χ3n) is 4.01. The van der Waals surface area contributed by atoms with Gasteiger partial charge in [-0.05, 0) is 24.8 Å². The van der Waals surface area contributed by atoms with Gasteiger partial charge in [-0.2, -0.15) is 4.98 Å². The van der Waals surface area contributed by atoms with E-state index in [2.05, 4.69) is 43.2 Å². The monoisotopic (exact) mass is 281 g/mol. The first kappa shape index (κ1) is 15.4. The molecule has 1 aromatic rings. The molecule has 1 N–H and O–H groups in total. The van der Waals surface area contributed by atoms with Crippen molar-refractivity contribution >= 4 is 0 Å². The van der Waals surface area contributed by atoms with E-state index in [1.807, 2.05) is 0 Å². The van der Waals surface area contributed by atoms with E-state index in [1.165, 1.54) is 12.8 Å². The molecule has 2 rings (SSSR count). The van der Waals surface area contributed by atoms with Gasteiger partial charge in [0, 0.05) is 13.2 Å². The highest BCUT2D eigenvalue weighted by Crippen LogP contribution is 2.37. The Morgan fingerprint density at radius 1 is 1.40 bits per heavy atom. The van der Waals surface area contributed by atoms with Crippen molar-refractivity contribution in [3.8, 4) is 0 Å². The first-order chi connectivity index (χ1) is 9.47. The molecule has 0 radical (unpaired) electrons. The van der Waals surface area contributed by atoms with Crippen LogP contribution >= 0.6 is 0 Å². The SMILES string of the molecule is CCNC1CCCC1c1nc(C(OC)C(C)(C)C)no1. The lowest BCUT2D eigenvalue weighted by atomic mass is 9.88. The zero-order chi connectivity index (χ0) is 14.8. The Kier molecular flexibility index (Phi) is 4.81. The van der Waals surface area contributed by atoms with Crippen molar-refractivity contribution in [2.45, 2.75) is 65.0 Å². The van der Waals surface area contributed by atoms with Crippen molar-refractivity contribution in [1.82, 2.24) is 15.5 Å².